The number of aromatic nitrogens is 2. The molecule has 0 atom stereocenters. The first-order valence-corrected chi connectivity index (χ1v) is 5.71. The molecule has 1 aromatic heterocycles. The van der Waals surface area contributed by atoms with Crippen LogP contribution in [0.3, 0.4) is 0 Å². The Kier molecular flexibility index (Phi) is 3.75. The third-order valence-corrected chi connectivity index (χ3v) is 2.98. The number of benzene rings is 2. The zero-order chi connectivity index (χ0) is 11.7. The fraction of sp³-hybridized carbons (Fsp3) is 0. The van der Waals surface area contributed by atoms with Gasteiger partial charge in [0.2, 0.25) is 6.20 Å². The molecule has 0 saturated carbocycles. The van der Waals surface area contributed by atoms with Crippen LogP contribution in [0.2, 0.25) is 0 Å². The van der Waals surface area contributed by atoms with E-state index in [1.165, 1.54) is 5.39 Å². The number of rotatable bonds is 2. The number of anilines is 1. The monoisotopic (exact) mass is 279 g/mol. The predicted molar refractivity (Wildman–Crippen MR) is 69.3 cm³/mol. The predicted octanol–water partition coefficient (Wildman–Crippen LogP) is 0.0143. The molecule has 0 saturated heterocycles. The molecule has 1 heterocycles. The van der Waals surface area contributed by atoms with Gasteiger partial charge in [-0.1, -0.05) is 12.1 Å². The highest BCUT2D eigenvalue weighted by Crippen LogP contribution is 2.17. The molecule has 0 amide bonds. The largest absolute Gasteiger partial charge is 1.00 e. The van der Waals surface area contributed by atoms with Gasteiger partial charge in [-0.2, -0.15) is 0 Å². The Morgan fingerprint density at radius 1 is 1.00 bits per heavy atom. The molecule has 2 aromatic carbocycles. The molecule has 3 rings (SSSR count). The molecule has 3 aromatic rings. The summed E-state index contributed by atoms with van der Waals surface area (Å²) in [7, 11) is 0. The smallest absolute Gasteiger partial charge is 0.201 e. The van der Waals surface area contributed by atoms with E-state index in [4.69, 9.17) is 11.8 Å². The number of para-hydroxylation sites is 1. The lowest BCUT2D eigenvalue weighted by Gasteiger charge is -2.00. The van der Waals surface area contributed by atoms with Gasteiger partial charge in [-0.15, -0.1) is 9.78 Å². The van der Waals surface area contributed by atoms with Gasteiger partial charge < -0.3 is 12.4 Å². The van der Waals surface area contributed by atoms with Crippen LogP contribution >= 0.6 is 11.8 Å². The second kappa shape index (κ2) is 5.29. The van der Waals surface area contributed by atoms with Gasteiger partial charge in [0.05, 0.1) is 5.39 Å². The fourth-order valence-corrected chi connectivity index (χ4v) is 2.03. The highest BCUT2D eigenvalue weighted by molar-refractivity contribution is 6.23. The van der Waals surface area contributed by atoms with Crippen molar-refractivity contribution in [2.75, 3.05) is 4.84 Å². The summed E-state index contributed by atoms with van der Waals surface area (Å²) in [5.74, 6) is 0. The topological polar surface area (TPSA) is 31.1 Å². The molecule has 5 heteroatoms. The number of H-pyrrole nitrogens is 1. The molecule has 0 spiro atoms. The number of nitrogens with zero attached hydrogens (tertiary/aromatic N) is 1. The van der Waals surface area contributed by atoms with Crippen LogP contribution in [0.1, 0.15) is 0 Å². The maximum Gasteiger partial charge on any atom is 0.201 e. The molecule has 0 radical (unpaired) electrons. The van der Waals surface area contributed by atoms with Crippen molar-refractivity contribution in [2.45, 2.75) is 0 Å². The van der Waals surface area contributed by atoms with Gasteiger partial charge >= 0.3 is 0 Å². The van der Waals surface area contributed by atoms with E-state index in [0.29, 0.717) is 0 Å². The minimum Gasteiger partial charge on any atom is -1.00 e. The van der Waals surface area contributed by atoms with Gasteiger partial charge in [-0.3, -0.25) is 4.84 Å². The maximum absolute atomic E-state index is 5.53. The lowest BCUT2D eigenvalue weighted by atomic mass is 10.2. The number of halogens is 2. The third kappa shape index (κ3) is 2.15. The minimum atomic E-state index is 0. The first kappa shape index (κ1) is 12.7. The van der Waals surface area contributed by atoms with Gasteiger partial charge in [0.15, 0.2) is 0 Å². The molecule has 92 valence electrons. The average Bonchev–Trinajstić information content (AvgIpc) is 2.83. The van der Waals surface area contributed by atoms with Crippen molar-refractivity contribution >= 4 is 28.4 Å². The second-order valence-corrected chi connectivity index (χ2v) is 4.00. The average molecular weight is 280 g/mol. The summed E-state index contributed by atoms with van der Waals surface area (Å²) in [6.07, 6.45) is 1.99. The highest BCUT2D eigenvalue weighted by atomic mass is 35.5. The summed E-state index contributed by atoms with van der Waals surface area (Å²) < 4.78 is 2.04. The van der Waals surface area contributed by atoms with Gasteiger partial charge in [0.25, 0.3) is 0 Å². The molecule has 0 aliphatic heterocycles. The van der Waals surface area contributed by atoms with Crippen molar-refractivity contribution in [1.29, 1.82) is 0 Å². The Bertz CT molecular complexity index is 647. The molecular weight excluding hydrogens is 269 g/mol. The van der Waals surface area contributed by atoms with E-state index >= 15 is 0 Å². The van der Waals surface area contributed by atoms with Crippen LogP contribution in [0.4, 0.5) is 5.69 Å². The van der Waals surface area contributed by atoms with Crippen molar-refractivity contribution in [2.24, 2.45) is 0 Å². The standard InChI is InChI=1S/C13H10ClN3.ClH/c14-16-11-5-7-12(8-6-11)17-13-4-2-1-3-10(13)9-15-17;/h1-9,16H;1H. The van der Waals surface area contributed by atoms with E-state index in [9.17, 15) is 0 Å². The van der Waals surface area contributed by atoms with E-state index in [1.54, 1.807) is 0 Å². The fourth-order valence-electron chi connectivity index (χ4n) is 1.90. The lowest BCUT2D eigenvalue weighted by molar-refractivity contribution is -0.470. The lowest BCUT2D eigenvalue weighted by Crippen LogP contribution is -3.00. The zero-order valence-electron chi connectivity index (χ0n) is 9.40. The van der Waals surface area contributed by atoms with E-state index in [0.717, 1.165) is 16.9 Å². The summed E-state index contributed by atoms with van der Waals surface area (Å²) in [6.45, 7) is 0. The molecule has 0 bridgehead atoms. The molecule has 0 unspecified atom stereocenters. The zero-order valence-corrected chi connectivity index (χ0v) is 10.9. The van der Waals surface area contributed by atoms with Crippen molar-refractivity contribution < 1.29 is 17.5 Å². The third-order valence-electron chi connectivity index (χ3n) is 2.76. The molecule has 0 aliphatic rings. The second-order valence-electron chi connectivity index (χ2n) is 3.81. The Morgan fingerprint density at radius 3 is 2.44 bits per heavy atom. The van der Waals surface area contributed by atoms with Crippen LogP contribution in [-0.2, 0) is 0 Å². The highest BCUT2D eigenvalue weighted by Gasteiger charge is 2.08. The van der Waals surface area contributed by atoms with Crippen molar-refractivity contribution in [3.63, 3.8) is 0 Å². The summed E-state index contributed by atoms with van der Waals surface area (Å²) in [4.78, 5) is 2.59. The van der Waals surface area contributed by atoms with E-state index in [1.807, 2.05) is 47.3 Å². The van der Waals surface area contributed by atoms with Crippen molar-refractivity contribution in [3.8, 4) is 5.69 Å². The number of hydrogen-bond acceptors (Lipinski definition) is 1. The molecule has 0 aliphatic carbocycles. The van der Waals surface area contributed by atoms with Crippen molar-refractivity contribution in [1.82, 2.24) is 4.68 Å². The summed E-state index contributed by atoms with van der Waals surface area (Å²) in [5.41, 5.74) is 3.10. The first-order chi connectivity index (χ1) is 8.38. The number of hydrogen-bond donors (Lipinski definition) is 1. The van der Waals surface area contributed by atoms with E-state index in [-0.39, 0.29) is 12.4 Å². The molecule has 18 heavy (non-hydrogen) atoms. The Hall–Kier alpha value is -1.71. The normalized spacial score (nSPS) is 10.1. The number of fused-ring (bicyclic) bond motifs is 1. The minimum absolute atomic E-state index is 0. The van der Waals surface area contributed by atoms with E-state index < -0.39 is 0 Å². The molecule has 3 nitrogen and oxygen atoms in total. The van der Waals surface area contributed by atoms with Crippen LogP contribution < -0.4 is 22.3 Å². The van der Waals surface area contributed by atoms with Gasteiger partial charge in [-0.05, 0) is 36.4 Å². The van der Waals surface area contributed by atoms with Gasteiger partial charge in [0, 0.05) is 17.5 Å². The quantitative estimate of drug-likeness (QED) is 0.659. The summed E-state index contributed by atoms with van der Waals surface area (Å²) in [6, 6.07) is 16.1. The van der Waals surface area contributed by atoms with Crippen LogP contribution in [-0.4, -0.2) is 4.68 Å². The van der Waals surface area contributed by atoms with Crippen LogP contribution in [0.15, 0.2) is 54.7 Å². The molecule has 0 fully saturated rings. The Balaban J connectivity index is 0.00000120. The maximum atomic E-state index is 5.53. The number of nitrogens with one attached hydrogen (secondary N) is 2. The molecule has 2 N–H and O–H groups in total. The van der Waals surface area contributed by atoms with Crippen LogP contribution in [0.5, 0.6) is 0 Å². The first-order valence-electron chi connectivity index (χ1n) is 5.34. The van der Waals surface area contributed by atoms with Gasteiger partial charge in [-0.25, -0.2) is 0 Å². The summed E-state index contributed by atoms with van der Waals surface area (Å²) >= 11 is 5.53. The summed E-state index contributed by atoms with van der Waals surface area (Å²) in [5, 5.41) is 4.42. The molecular formula is C13H11Cl2N3. The van der Waals surface area contributed by atoms with Crippen LogP contribution in [0, 0.1) is 0 Å². The SMILES string of the molecule is ClNc1ccc(-n2[nH+]cc3ccccc32)cc1.[Cl-]. The van der Waals surface area contributed by atoms with E-state index in [2.05, 4.69) is 22.1 Å². The van der Waals surface area contributed by atoms with Crippen molar-refractivity contribution in [3.05, 3.63) is 54.7 Å². The Labute approximate surface area is 116 Å². The van der Waals surface area contributed by atoms with Gasteiger partial charge in [0.1, 0.15) is 11.2 Å². The number of aromatic amines is 1. The van der Waals surface area contributed by atoms with Crippen LogP contribution in [0.25, 0.3) is 16.6 Å². The Morgan fingerprint density at radius 2 is 1.72 bits per heavy atom.